The third-order valence-electron chi connectivity index (χ3n) is 4.12. The summed E-state index contributed by atoms with van der Waals surface area (Å²) >= 11 is 12.4. The van der Waals surface area contributed by atoms with E-state index < -0.39 is 0 Å². The van der Waals surface area contributed by atoms with E-state index in [1.165, 1.54) is 0 Å². The van der Waals surface area contributed by atoms with Gasteiger partial charge in [0.2, 0.25) is 0 Å². The fourth-order valence-electron chi connectivity index (χ4n) is 2.98. The molecule has 1 aromatic heterocycles. The van der Waals surface area contributed by atoms with Crippen molar-refractivity contribution in [3.05, 3.63) is 75.8 Å². The van der Waals surface area contributed by atoms with Crippen LogP contribution in [-0.2, 0) is 6.42 Å². The molecule has 0 unspecified atom stereocenters. The molecule has 23 heavy (non-hydrogen) atoms. The standard InChI is InChI=1S/C19H13Cl2NO/c20-14-8-9-15-16(17(14)21)13-7-6-12(19(23)18(13)22-15)10-11-4-2-1-3-5-11/h1-9,22-23H,10H2. The quantitative estimate of drug-likeness (QED) is 0.466. The van der Waals surface area contributed by atoms with Gasteiger partial charge >= 0.3 is 0 Å². The van der Waals surface area contributed by atoms with Crippen LogP contribution in [0.1, 0.15) is 11.1 Å². The van der Waals surface area contributed by atoms with Crippen LogP contribution >= 0.6 is 23.2 Å². The molecule has 0 saturated carbocycles. The van der Waals surface area contributed by atoms with Crippen LogP contribution in [0.15, 0.2) is 54.6 Å². The van der Waals surface area contributed by atoms with Gasteiger partial charge in [-0.05, 0) is 17.7 Å². The van der Waals surface area contributed by atoms with Gasteiger partial charge in [0.25, 0.3) is 0 Å². The zero-order chi connectivity index (χ0) is 16.0. The molecule has 4 heteroatoms. The first-order chi connectivity index (χ1) is 11.1. The van der Waals surface area contributed by atoms with Crippen LogP contribution in [-0.4, -0.2) is 10.1 Å². The molecule has 0 aliphatic heterocycles. The van der Waals surface area contributed by atoms with Crippen molar-refractivity contribution in [2.45, 2.75) is 6.42 Å². The molecule has 0 saturated heterocycles. The zero-order valence-corrected chi connectivity index (χ0v) is 13.6. The first-order valence-electron chi connectivity index (χ1n) is 7.29. The molecule has 0 bridgehead atoms. The summed E-state index contributed by atoms with van der Waals surface area (Å²) in [6.45, 7) is 0. The van der Waals surface area contributed by atoms with E-state index in [-0.39, 0.29) is 5.75 Å². The number of benzene rings is 3. The summed E-state index contributed by atoms with van der Waals surface area (Å²) in [7, 11) is 0. The third kappa shape index (κ3) is 2.35. The second kappa shape index (κ2) is 5.48. The first kappa shape index (κ1) is 14.4. The van der Waals surface area contributed by atoms with Crippen molar-refractivity contribution in [2.24, 2.45) is 0 Å². The summed E-state index contributed by atoms with van der Waals surface area (Å²) in [4.78, 5) is 3.25. The minimum absolute atomic E-state index is 0.259. The van der Waals surface area contributed by atoms with E-state index in [9.17, 15) is 5.11 Å². The molecule has 0 aliphatic rings. The number of hydrogen-bond acceptors (Lipinski definition) is 1. The third-order valence-corrected chi connectivity index (χ3v) is 4.93. The number of hydrogen-bond donors (Lipinski definition) is 2. The molecule has 4 aromatic rings. The lowest BCUT2D eigenvalue weighted by Crippen LogP contribution is -1.89. The number of halogens is 2. The monoisotopic (exact) mass is 341 g/mol. The van der Waals surface area contributed by atoms with Crippen molar-refractivity contribution in [1.29, 1.82) is 0 Å². The van der Waals surface area contributed by atoms with Crippen LogP contribution in [0.25, 0.3) is 21.8 Å². The van der Waals surface area contributed by atoms with E-state index in [1.807, 2.05) is 48.5 Å². The number of aromatic nitrogens is 1. The van der Waals surface area contributed by atoms with Crippen molar-refractivity contribution < 1.29 is 5.11 Å². The molecule has 0 aliphatic carbocycles. The van der Waals surface area contributed by atoms with Crippen molar-refractivity contribution in [3.8, 4) is 5.75 Å². The van der Waals surface area contributed by atoms with Gasteiger partial charge in [-0.2, -0.15) is 0 Å². The van der Waals surface area contributed by atoms with Gasteiger partial charge in [0.1, 0.15) is 5.75 Å². The average molecular weight is 342 g/mol. The van der Waals surface area contributed by atoms with Crippen molar-refractivity contribution in [2.75, 3.05) is 0 Å². The molecule has 2 nitrogen and oxygen atoms in total. The average Bonchev–Trinajstić information content (AvgIpc) is 2.95. The Morgan fingerprint density at radius 2 is 1.70 bits per heavy atom. The molecular formula is C19H13Cl2NO. The van der Waals surface area contributed by atoms with Crippen LogP contribution in [0.2, 0.25) is 10.0 Å². The van der Waals surface area contributed by atoms with Crippen LogP contribution < -0.4 is 0 Å². The summed E-state index contributed by atoms with van der Waals surface area (Å²) in [6.07, 6.45) is 0.673. The van der Waals surface area contributed by atoms with E-state index >= 15 is 0 Å². The highest BCUT2D eigenvalue weighted by molar-refractivity contribution is 6.46. The van der Waals surface area contributed by atoms with Crippen LogP contribution in [0.3, 0.4) is 0 Å². The lowest BCUT2D eigenvalue weighted by Gasteiger charge is -2.06. The Kier molecular flexibility index (Phi) is 3.44. The molecule has 0 radical (unpaired) electrons. The predicted molar refractivity (Wildman–Crippen MR) is 96.7 cm³/mol. The van der Waals surface area contributed by atoms with Crippen LogP contribution in [0.5, 0.6) is 5.75 Å². The molecule has 0 spiro atoms. The Balaban J connectivity index is 1.92. The summed E-state index contributed by atoms with van der Waals surface area (Å²) in [5, 5.41) is 13.4. The van der Waals surface area contributed by atoms with Gasteiger partial charge in [0.15, 0.2) is 0 Å². The Morgan fingerprint density at radius 3 is 2.48 bits per heavy atom. The number of phenolic OH excluding ortho intramolecular Hbond substituents is 1. The summed E-state index contributed by atoms with van der Waals surface area (Å²) in [5.41, 5.74) is 3.58. The van der Waals surface area contributed by atoms with E-state index in [0.717, 1.165) is 27.4 Å². The fraction of sp³-hybridized carbons (Fsp3) is 0.0526. The Hall–Kier alpha value is -2.16. The van der Waals surface area contributed by atoms with Gasteiger partial charge in [-0.25, -0.2) is 0 Å². The highest BCUT2D eigenvalue weighted by atomic mass is 35.5. The normalized spacial score (nSPS) is 11.4. The number of phenols is 1. The molecule has 1 heterocycles. The SMILES string of the molecule is Oc1c(Cc2ccccc2)ccc2c1[nH]c1ccc(Cl)c(Cl)c12. The molecule has 2 N–H and O–H groups in total. The Labute approximate surface area is 143 Å². The second-order valence-corrected chi connectivity index (χ2v) is 6.35. The molecule has 0 amide bonds. The molecule has 3 aromatic carbocycles. The summed E-state index contributed by atoms with van der Waals surface area (Å²) in [6, 6.07) is 17.6. The van der Waals surface area contributed by atoms with Crippen LogP contribution in [0.4, 0.5) is 0 Å². The fourth-order valence-corrected chi connectivity index (χ4v) is 3.40. The van der Waals surface area contributed by atoms with E-state index in [0.29, 0.717) is 22.0 Å². The van der Waals surface area contributed by atoms with Gasteiger partial charge < -0.3 is 10.1 Å². The minimum Gasteiger partial charge on any atom is -0.505 e. The number of rotatable bonds is 2. The molecular weight excluding hydrogens is 329 g/mol. The number of aromatic hydroxyl groups is 1. The maximum Gasteiger partial charge on any atom is 0.143 e. The van der Waals surface area contributed by atoms with Gasteiger partial charge in [0, 0.05) is 28.3 Å². The molecule has 0 atom stereocenters. The highest BCUT2D eigenvalue weighted by Crippen LogP contribution is 2.40. The predicted octanol–water partition coefficient (Wildman–Crippen LogP) is 5.92. The van der Waals surface area contributed by atoms with Crippen molar-refractivity contribution in [3.63, 3.8) is 0 Å². The largest absolute Gasteiger partial charge is 0.505 e. The maximum absolute atomic E-state index is 10.7. The van der Waals surface area contributed by atoms with Gasteiger partial charge in [0.05, 0.1) is 15.6 Å². The maximum atomic E-state index is 10.7. The lowest BCUT2D eigenvalue weighted by molar-refractivity contribution is 0.475. The number of fused-ring (bicyclic) bond motifs is 3. The lowest BCUT2D eigenvalue weighted by atomic mass is 10.0. The Bertz CT molecular complexity index is 1020. The first-order valence-corrected chi connectivity index (χ1v) is 8.05. The summed E-state index contributed by atoms with van der Waals surface area (Å²) < 4.78 is 0. The van der Waals surface area contributed by atoms with Gasteiger partial charge in [-0.1, -0.05) is 65.7 Å². The number of aromatic amines is 1. The molecule has 114 valence electrons. The summed E-state index contributed by atoms with van der Waals surface area (Å²) in [5.74, 6) is 0.259. The topological polar surface area (TPSA) is 36.0 Å². The number of nitrogens with one attached hydrogen (secondary N) is 1. The highest BCUT2D eigenvalue weighted by Gasteiger charge is 2.15. The smallest absolute Gasteiger partial charge is 0.143 e. The molecule has 4 rings (SSSR count). The van der Waals surface area contributed by atoms with Gasteiger partial charge in [-0.15, -0.1) is 0 Å². The Morgan fingerprint density at radius 1 is 0.913 bits per heavy atom. The van der Waals surface area contributed by atoms with Crippen molar-refractivity contribution in [1.82, 2.24) is 4.98 Å². The zero-order valence-electron chi connectivity index (χ0n) is 12.1. The van der Waals surface area contributed by atoms with Crippen molar-refractivity contribution >= 4 is 45.0 Å². The van der Waals surface area contributed by atoms with E-state index in [2.05, 4.69) is 4.98 Å². The number of H-pyrrole nitrogens is 1. The van der Waals surface area contributed by atoms with Crippen LogP contribution in [0, 0.1) is 0 Å². The van der Waals surface area contributed by atoms with E-state index in [1.54, 1.807) is 6.07 Å². The van der Waals surface area contributed by atoms with E-state index in [4.69, 9.17) is 23.2 Å². The van der Waals surface area contributed by atoms with Gasteiger partial charge in [-0.3, -0.25) is 0 Å². The molecule has 0 fully saturated rings. The second-order valence-electron chi connectivity index (χ2n) is 5.57. The minimum atomic E-state index is 0.259.